The fourth-order valence-corrected chi connectivity index (χ4v) is 3.96. The van der Waals surface area contributed by atoms with E-state index < -0.39 is 0 Å². The lowest BCUT2D eigenvalue weighted by Gasteiger charge is -2.34. The van der Waals surface area contributed by atoms with Crippen LogP contribution in [0.4, 0.5) is 4.39 Å². The van der Waals surface area contributed by atoms with Crippen LogP contribution in [0, 0.1) is 12.7 Å². The van der Waals surface area contributed by atoms with Crippen LogP contribution in [0.5, 0.6) is 5.75 Å². The number of halogens is 1. The van der Waals surface area contributed by atoms with Crippen LogP contribution < -0.4 is 4.74 Å². The van der Waals surface area contributed by atoms with E-state index in [1.165, 1.54) is 17.8 Å². The van der Waals surface area contributed by atoms with Gasteiger partial charge in [0, 0.05) is 38.3 Å². The van der Waals surface area contributed by atoms with Gasteiger partial charge in [-0.05, 0) is 48.9 Å². The summed E-state index contributed by atoms with van der Waals surface area (Å²) in [6.07, 6.45) is 0. The van der Waals surface area contributed by atoms with Crippen molar-refractivity contribution < 1.29 is 13.9 Å². The highest BCUT2D eigenvalue weighted by Crippen LogP contribution is 2.17. The van der Waals surface area contributed by atoms with E-state index in [2.05, 4.69) is 13.6 Å². The Morgan fingerprint density at radius 3 is 2.53 bits per heavy atom. The topological polar surface area (TPSA) is 58.6 Å². The summed E-state index contributed by atoms with van der Waals surface area (Å²) < 4.78 is 27.4. The number of aromatic nitrogens is 2. The minimum absolute atomic E-state index is 0.0199. The highest BCUT2D eigenvalue weighted by atomic mass is 32.1. The fraction of sp³-hybridized carbons (Fsp3) is 0.318. The molecule has 0 bridgehead atoms. The molecule has 1 fully saturated rings. The van der Waals surface area contributed by atoms with Gasteiger partial charge >= 0.3 is 0 Å². The van der Waals surface area contributed by atoms with Gasteiger partial charge in [0.05, 0.1) is 17.4 Å². The third kappa shape index (κ3) is 5.01. The smallest absolute Gasteiger partial charge is 0.253 e. The first kappa shape index (κ1) is 20.4. The van der Waals surface area contributed by atoms with Gasteiger partial charge in [0.2, 0.25) is 0 Å². The summed E-state index contributed by atoms with van der Waals surface area (Å²) in [5, 5.41) is 0. The first-order valence-corrected chi connectivity index (χ1v) is 10.6. The first-order valence-electron chi connectivity index (χ1n) is 9.85. The van der Waals surface area contributed by atoms with Crippen molar-refractivity contribution in [1.82, 2.24) is 18.5 Å². The lowest BCUT2D eigenvalue weighted by molar-refractivity contribution is 0.0628. The molecule has 1 saturated heterocycles. The second-order valence-electron chi connectivity index (χ2n) is 7.31. The number of aryl methyl sites for hydroxylation is 1. The van der Waals surface area contributed by atoms with Gasteiger partial charge in [0.15, 0.2) is 0 Å². The average Bonchev–Trinajstić information content (AvgIpc) is 3.17. The number of rotatable bonds is 6. The number of carbonyl (C=O) groups is 1. The maximum atomic E-state index is 13.4. The second kappa shape index (κ2) is 9.32. The molecule has 0 unspecified atom stereocenters. The normalized spacial score (nSPS) is 14.7. The summed E-state index contributed by atoms with van der Waals surface area (Å²) in [7, 11) is 0. The zero-order valence-electron chi connectivity index (χ0n) is 16.8. The molecular weight excluding hydrogens is 403 g/mol. The quantitative estimate of drug-likeness (QED) is 0.604. The molecule has 30 heavy (non-hydrogen) atoms. The van der Waals surface area contributed by atoms with E-state index >= 15 is 0 Å². The molecule has 1 aliphatic rings. The lowest BCUT2D eigenvalue weighted by atomic mass is 10.1. The Balaban J connectivity index is 1.28. The van der Waals surface area contributed by atoms with Crippen LogP contribution in [0.25, 0.3) is 0 Å². The number of nitrogens with zero attached hydrogens (tertiary/aromatic N) is 4. The number of ether oxygens (including phenoxy) is 1. The van der Waals surface area contributed by atoms with Crippen molar-refractivity contribution in [1.29, 1.82) is 0 Å². The molecule has 0 spiro atoms. The third-order valence-corrected chi connectivity index (χ3v) is 5.84. The molecule has 0 atom stereocenters. The van der Waals surface area contributed by atoms with E-state index in [9.17, 15) is 9.18 Å². The van der Waals surface area contributed by atoms with Gasteiger partial charge < -0.3 is 9.64 Å². The third-order valence-electron chi connectivity index (χ3n) is 5.18. The SMILES string of the molecule is Cc1nsnc1COc1ccc(C(=O)N2CCN(Cc3cccc(F)c3)CC2)cc1. The number of benzene rings is 2. The molecule has 1 aliphatic heterocycles. The molecule has 1 amide bonds. The Bertz CT molecular complexity index is 1000. The fourth-order valence-electron chi connectivity index (χ4n) is 3.41. The molecule has 3 aromatic rings. The second-order valence-corrected chi connectivity index (χ2v) is 7.84. The maximum absolute atomic E-state index is 13.4. The number of amides is 1. The Morgan fingerprint density at radius 2 is 1.87 bits per heavy atom. The predicted molar refractivity (Wildman–Crippen MR) is 113 cm³/mol. The molecule has 0 N–H and O–H groups in total. The predicted octanol–water partition coefficient (Wildman–Crippen LogP) is 3.52. The summed E-state index contributed by atoms with van der Waals surface area (Å²) >= 11 is 1.17. The van der Waals surface area contributed by atoms with Crippen molar-refractivity contribution in [3.05, 3.63) is 76.9 Å². The van der Waals surface area contributed by atoms with Crippen LogP contribution in [0.15, 0.2) is 48.5 Å². The molecule has 2 heterocycles. The highest BCUT2D eigenvalue weighted by molar-refractivity contribution is 6.99. The average molecular weight is 427 g/mol. The van der Waals surface area contributed by atoms with Gasteiger partial charge in [-0.15, -0.1) is 0 Å². The summed E-state index contributed by atoms with van der Waals surface area (Å²) in [4.78, 5) is 16.9. The number of hydrogen-bond acceptors (Lipinski definition) is 6. The minimum atomic E-state index is -0.216. The van der Waals surface area contributed by atoms with E-state index in [4.69, 9.17) is 4.74 Å². The van der Waals surface area contributed by atoms with E-state index in [0.29, 0.717) is 37.6 Å². The van der Waals surface area contributed by atoms with Crippen LogP contribution in [-0.2, 0) is 13.2 Å². The zero-order valence-corrected chi connectivity index (χ0v) is 17.6. The van der Waals surface area contributed by atoms with E-state index in [0.717, 1.165) is 30.0 Å². The van der Waals surface area contributed by atoms with Crippen molar-refractivity contribution in [2.75, 3.05) is 26.2 Å². The molecule has 8 heteroatoms. The summed E-state index contributed by atoms with van der Waals surface area (Å²) in [5.41, 5.74) is 3.31. The molecule has 1 aromatic heterocycles. The van der Waals surface area contributed by atoms with Crippen LogP contribution >= 0.6 is 11.7 Å². The van der Waals surface area contributed by atoms with Crippen LogP contribution in [0.3, 0.4) is 0 Å². The van der Waals surface area contributed by atoms with E-state index in [1.807, 2.05) is 30.0 Å². The van der Waals surface area contributed by atoms with Crippen LogP contribution in [0.2, 0.25) is 0 Å². The Hall–Kier alpha value is -2.84. The first-order chi connectivity index (χ1) is 14.6. The van der Waals surface area contributed by atoms with Gasteiger partial charge in [-0.2, -0.15) is 8.75 Å². The van der Waals surface area contributed by atoms with Gasteiger partial charge in [-0.25, -0.2) is 4.39 Å². The molecule has 0 saturated carbocycles. The number of hydrogen-bond donors (Lipinski definition) is 0. The molecule has 2 aromatic carbocycles. The van der Waals surface area contributed by atoms with Crippen molar-refractivity contribution >= 4 is 17.6 Å². The van der Waals surface area contributed by atoms with E-state index in [1.54, 1.807) is 24.3 Å². The Morgan fingerprint density at radius 1 is 1.10 bits per heavy atom. The van der Waals surface area contributed by atoms with Crippen molar-refractivity contribution in [2.45, 2.75) is 20.1 Å². The molecular formula is C22H23FN4O2S. The zero-order chi connectivity index (χ0) is 20.9. The molecule has 0 aliphatic carbocycles. The Labute approximate surface area is 179 Å². The van der Waals surface area contributed by atoms with Gasteiger partial charge in [-0.3, -0.25) is 9.69 Å². The van der Waals surface area contributed by atoms with Crippen molar-refractivity contribution in [3.63, 3.8) is 0 Å². The molecule has 156 valence electrons. The maximum Gasteiger partial charge on any atom is 0.253 e. The van der Waals surface area contributed by atoms with Gasteiger partial charge in [0.1, 0.15) is 23.9 Å². The summed E-state index contributed by atoms with van der Waals surface area (Å²) in [5.74, 6) is 0.498. The highest BCUT2D eigenvalue weighted by Gasteiger charge is 2.22. The van der Waals surface area contributed by atoms with Crippen molar-refractivity contribution in [3.8, 4) is 5.75 Å². The lowest BCUT2D eigenvalue weighted by Crippen LogP contribution is -2.48. The molecule has 4 rings (SSSR count). The van der Waals surface area contributed by atoms with E-state index in [-0.39, 0.29) is 11.7 Å². The summed E-state index contributed by atoms with van der Waals surface area (Å²) in [6, 6.07) is 13.9. The van der Waals surface area contributed by atoms with Crippen molar-refractivity contribution in [2.24, 2.45) is 0 Å². The molecule has 6 nitrogen and oxygen atoms in total. The van der Waals surface area contributed by atoms with Crippen LogP contribution in [0.1, 0.15) is 27.3 Å². The Kier molecular flexibility index (Phi) is 6.35. The van der Waals surface area contributed by atoms with Gasteiger partial charge in [0.25, 0.3) is 5.91 Å². The number of piperazine rings is 1. The monoisotopic (exact) mass is 426 g/mol. The van der Waals surface area contributed by atoms with Gasteiger partial charge in [-0.1, -0.05) is 12.1 Å². The number of carbonyl (C=O) groups excluding carboxylic acids is 1. The summed E-state index contributed by atoms with van der Waals surface area (Å²) in [6.45, 7) is 5.81. The van der Waals surface area contributed by atoms with Crippen LogP contribution in [-0.4, -0.2) is 50.6 Å². The minimum Gasteiger partial charge on any atom is -0.487 e. The largest absolute Gasteiger partial charge is 0.487 e. The standard InChI is InChI=1S/C22H23FN4O2S/c1-16-21(25-30-24-16)15-29-20-7-5-18(6-8-20)22(28)27-11-9-26(10-12-27)14-17-3-2-4-19(23)13-17/h2-8,13H,9-12,14-15H2,1H3. The molecule has 0 radical (unpaired) electrons.